The molecule has 1 saturated heterocycles. The Morgan fingerprint density at radius 2 is 2.14 bits per heavy atom. The molecule has 7 heteroatoms. The fraction of sp³-hybridized carbons (Fsp3) is 0.429. The molecular formula is C14H16ClN3O3. The molecule has 1 aromatic carbocycles. The number of aliphatic hydroxyl groups excluding tert-OH is 1. The molecule has 0 radical (unpaired) electrons. The van der Waals surface area contributed by atoms with Crippen LogP contribution >= 0.6 is 11.6 Å². The summed E-state index contributed by atoms with van der Waals surface area (Å²) >= 11 is 5.86. The van der Waals surface area contributed by atoms with Gasteiger partial charge >= 0.3 is 0 Å². The fourth-order valence-electron chi connectivity index (χ4n) is 2.28. The summed E-state index contributed by atoms with van der Waals surface area (Å²) < 4.78 is 10.6. The molecule has 1 N–H and O–H groups in total. The van der Waals surface area contributed by atoms with E-state index in [-0.39, 0.29) is 12.6 Å². The molecule has 0 spiro atoms. The van der Waals surface area contributed by atoms with E-state index in [1.54, 1.807) is 12.1 Å². The smallest absolute Gasteiger partial charge is 0.257 e. The highest BCUT2D eigenvalue weighted by Crippen LogP contribution is 2.20. The molecule has 0 aliphatic carbocycles. The van der Waals surface area contributed by atoms with Crippen molar-refractivity contribution >= 4 is 11.6 Å². The lowest BCUT2D eigenvalue weighted by Crippen LogP contribution is -2.47. The highest BCUT2D eigenvalue weighted by molar-refractivity contribution is 6.30. The monoisotopic (exact) mass is 309 g/mol. The molecule has 1 aromatic heterocycles. The third-order valence-electron chi connectivity index (χ3n) is 3.46. The van der Waals surface area contributed by atoms with Crippen LogP contribution in [-0.4, -0.2) is 52.6 Å². The maximum Gasteiger partial charge on any atom is 0.257 e. The van der Waals surface area contributed by atoms with Gasteiger partial charge in [-0.2, -0.15) is 4.98 Å². The molecule has 0 amide bonds. The largest absolute Gasteiger partial charge is 0.395 e. The van der Waals surface area contributed by atoms with E-state index >= 15 is 0 Å². The van der Waals surface area contributed by atoms with Crippen molar-refractivity contribution in [1.82, 2.24) is 15.0 Å². The van der Waals surface area contributed by atoms with Gasteiger partial charge in [-0.3, -0.25) is 4.90 Å². The van der Waals surface area contributed by atoms with Gasteiger partial charge in [0.1, 0.15) is 0 Å². The lowest BCUT2D eigenvalue weighted by molar-refractivity contribution is -0.0324. The van der Waals surface area contributed by atoms with Crippen LogP contribution in [0.25, 0.3) is 11.5 Å². The van der Waals surface area contributed by atoms with Crippen molar-refractivity contribution < 1.29 is 14.4 Å². The van der Waals surface area contributed by atoms with Gasteiger partial charge in [0.2, 0.25) is 0 Å². The highest BCUT2D eigenvalue weighted by atomic mass is 35.5. The van der Waals surface area contributed by atoms with Crippen molar-refractivity contribution in [2.45, 2.75) is 12.6 Å². The minimum Gasteiger partial charge on any atom is -0.395 e. The Morgan fingerprint density at radius 1 is 1.33 bits per heavy atom. The molecule has 2 heterocycles. The predicted molar refractivity (Wildman–Crippen MR) is 76.8 cm³/mol. The first-order chi connectivity index (χ1) is 10.3. The van der Waals surface area contributed by atoms with Crippen molar-refractivity contribution in [2.24, 2.45) is 0 Å². The number of aliphatic hydroxyl groups is 1. The van der Waals surface area contributed by atoms with Crippen molar-refractivity contribution in [1.29, 1.82) is 0 Å². The van der Waals surface area contributed by atoms with Crippen molar-refractivity contribution in [3.63, 3.8) is 0 Å². The summed E-state index contributed by atoms with van der Waals surface area (Å²) in [6.45, 7) is 2.51. The second kappa shape index (κ2) is 6.53. The van der Waals surface area contributed by atoms with Crippen molar-refractivity contribution in [3.8, 4) is 11.5 Å². The number of hydrogen-bond donors (Lipinski definition) is 1. The molecule has 1 atom stereocenters. The van der Waals surface area contributed by atoms with E-state index in [0.29, 0.717) is 36.5 Å². The van der Waals surface area contributed by atoms with Gasteiger partial charge in [-0.05, 0) is 24.3 Å². The summed E-state index contributed by atoms with van der Waals surface area (Å²) in [5, 5.41) is 14.0. The third-order valence-corrected chi connectivity index (χ3v) is 3.72. The number of ether oxygens (including phenoxy) is 1. The minimum atomic E-state index is -0.0174. The number of aromatic nitrogens is 2. The Morgan fingerprint density at radius 3 is 2.90 bits per heavy atom. The molecule has 2 aromatic rings. The summed E-state index contributed by atoms with van der Waals surface area (Å²) in [6.07, 6.45) is 0. The number of hydrogen-bond acceptors (Lipinski definition) is 6. The van der Waals surface area contributed by atoms with E-state index in [1.165, 1.54) is 0 Å². The topological polar surface area (TPSA) is 71.6 Å². The number of benzene rings is 1. The molecule has 1 aliphatic heterocycles. The zero-order chi connectivity index (χ0) is 14.7. The summed E-state index contributed by atoms with van der Waals surface area (Å²) in [7, 11) is 0. The second-order valence-electron chi connectivity index (χ2n) is 4.90. The maximum atomic E-state index is 9.35. The van der Waals surface area contributed by atoms with Crippen molar-refractivity contribution in [2.75, 3.05) is 26.4 Å². The number of morpholine rings is 1. The van der Waals surface area contributed by atoms with Gasteiger partial charge in [-0.25, -0.2) is 0 Å². The zero-order valence-corrected chi connectivity index (χ0v) is 12.2. The van der Waals surface area contributed by atoms with Crippen LogP contribution in [0.5, 0.6) is 0 Å². The van der Waals surface area contributed by atoms with Gasteiger partial charge in [-0.15, -0.1) is 0 Å². The number of rotatable bonds is 4. The Kier molecular flexibility index (Phi) is 4.50. The van der Waals surface area contributed by atoms with Gasteiger partial charge in [-0.1, -0.05) is 16.8 Å². The van der Waals surface area contributed by atoms with Crippen LogP contribution in [0.15, 0.2) is 28.8 Å². The fourth-order valence-corrected chi connectivity index (χ4v) is 2.40. The summed E-state index contributed by atoms with van der Waals surface area (Å²) in [5.41, 5.74) is 0.832. The second-order valence-corrected chi connectivity index (χ2v) is 5.34. The van der Waals surface area contributed by atoms with Crippen LogP contribution in [0.4, 0.5) is 0 Å². The normalized spacial score (nSPS) is 19.8. The molecular weight excluding hydrogens is 294 g/mol. The molecule has 1 aliphatic rings. The van der Waals surface area contributed by atoms with E-state index in [1.807, 2.05) is 12.1 Å². The van der Waals surface area contributed by atoms with Crippen LogP contribution in [0.2, 0.25) is 5.02 Å². The van der Waals surface area contributed by atoms with E-state index in [9.17, 15) is 5.11 Å². The van der Waals surface area contributed by atoms with Gasteiger partial charge in [0, 0.05) is 17.1 Å². The van der Waals surface area contributed by atoms with Crippen LogP contribution < -0.4 is 0 Å². The lowest BCUT2D eigenvalue weighted by atomic mass is 10.2. The zero-order valence-electron chi connectivity index (χ0n) is 11.4. The Hall–Kier alpha value is -1.47. The van der Waals surface area contributed by atoms with Crippen LogP contribution in [0, 0.1) is 0 Å². The summed E-state index contributed by atoms with van der Waals surface area (Å²) in [6, 6.07) is 7.22. The molecule has 6 nitrogen and oxygen atoms in total. The van der Waals surface area contributed by atoms with E-state index in [2.05, 4.69) is 15.0 Å². The third kappa shape index (κ3) is 3.41. The average Bonchev–Trinajstić information content (AvgIpc) is 2.97. The summed E-state index contributed by atoms with van der Waals surface area (Å²) in [4.78, 5) is 6.49. The highest BCUT2D eigenvalue weighted by Gasteiger charge is 2.24. The molecule has 1 fully saturated rings. The van der Waals surface area contributed by atoms with Crippen molar-refractivity contribution in [3.05, 3.63) is 35.1 Å². The van der Waals surface area contributed by atoms with Gasteiger partial charge < -0.3 is 14.4 Å². The predicted octanol–water partition coefficient (Wildman–Crippen LogP) is 1.58. The molecule has 21 heavy (non-hydrogen) atoms. The molecule has 112 valence electrons. The Balaban J connectivity index is 1.71. The molecule has 1 unspecified atom stereocenters. The maximum absolute atomic E-state index is 9.35. The van der Waals surface area contributed by atoms with Gasteiger partial charge in [0.05, 0.1) is 32.4 Å². The Bertz CT molecular complexity index is 587. The van der Waals surface area contributed by atoms with E-state index < -0.39 is 0 Å². The molecule has 0 bridgehead atoms. The lowest BCUT2D eigenvalue weighted by Gasteiger charge is -2.33. The Labute approximate surface area is 127 Å². The SMILES string of the molecule is OCC1COCCN1Cc1noc(-c2ccc(Cl)cc2)n1. The van der Waals surface area contributed by atoms with Gasteiger partial charge in [0.25, 0.3) is 5.89 Å². The van der Waals surface area contributed by atoms with Gasteiger partial charge in [0.15, 0.2) is 5.82 Å². The first-order valence-corrected chi connectivity index (χ1v) is 7.15. The first kappa shape index (κ1) is 14.5. The van der Waals surface area contributed by atoms with Crippen LogP contribution in [0.1, 0.15) is 5.82 Å². The van der Waals surface area contributed by atoms with Crippen LogP contribution in [-0.2, 0) is 11.3 Å². The van der Waals surface area contributed by atoms with E-state index in [0.717, 1.165) is 12.1 Å². The first-order valence-electron chi connectivity index (χ1n) is 6.77. The summed E-state index contributed by atoms with van der Waals surface area (Å²) in [5.74, 6) is 1.07. The van der Waals surface area contributed by atoms with E-state index in [4.69, 9.17) is 20.9 Å². The number of halogens is 1. The minimum absolute atomic E-state index is 0.0174. The quantitative estimate of drug-likeness (QED) is 0.924. The van der Waals surface area contributed by atoms with Crippen LogP contribution in [0.3, 0.4) is 0 Å². The molecule has 3 rings (SSSR count). The standard InChI is InChI=1S/C14H16ClN3O3/c15-11-3-1-10(2-4-11)14-16-13(17-21-14)7-18-5-6-20-9-12(18)8-19/h1-4,12,19H,5-9H2. The average molecular weight is 310 g/mol. The number of nitrogens with zero attached hydrogens (tertiary/aromatic N) is 3. The molecule has 0 saturated carbocycles.